The Morgan fingerprint density at radius 3 is 2.27 bits per heavy atom. The maximum Gasteiger partial charge on any atom is 0.175 e. The van der Waals surface area contributed by atoms with Crippen molar-refractivity contribution in [2.45, 2.75) is 81.1 Å². The summed E-state index contributed by atoms with van der Waals surface area (Å²) < 4.78 is 5.59. The number of ether oxygens (including phenoxy) is 1. The van der Waals surface area contributed by atoms with E-state index in [0.717, 1.165) is 34.9 Å². The Morgan fingerprint density at radius 1 is 1.17 bits per heavy atom. The summed E-state index contributed by atoms with van der Waals surface area (Å²) in [6.07, 6.45) is 5.96. The van der Waals surface area contributed by atoms with Crippen LogP contribution in [0.4, 0.5) is 5.69 Å². The maximum absolute atomic E-state index is 11.6. The number of benzene rings is 1. The third-order valence-electron chi connectivity index (χ3n) is 4.91. The minimum absolute atomic E-state index is 0.125. The summed E-state index contributed by atoms with van der Waals surface area (Å²) >= 11 is 0. The van der Waals surface area contributed by atoms with Gasteiger partial charge >= 0.3 is 0 Å². The third kappa shape index (κ3) is 9.91. The van der Waals surface area contributed by atoms with Crippen molar-refractivity contribution in [2.24, 2.45) is 16.6 Å². The highest BCUT2D eigenvalue weighted by Crippen LogP contribution is 2.26. The Hall–Kier alpha value is -2.36. The molecule has 0 saturated heterocycles. The molecule has 1 aromatic carbocycles. The van der Waals surface area contributed by atoms with Crippen molar-refractivity contribution in [1.82, 2.24) is 0 Å². The van der Waals surface area contributed by atoms with Gasteiger partial charge in [0.15, 0.2) is 5.78 Å². The average molecular weight is 415 g/mol. The molecule has 30 heavy (non-hydrogen) atoms. The molecule has 0 aromatic heterocycles. The van der Waals surface area contributed by atoms with Gasteiger partial charge in [0.2, 0.25) is 0 Å². The van der Waals surface area contributed by atoms with Crippen molar-refractivity contribution in [3.8, 4) is 0 Å². The zero-order chi connectivity index (χ0) is 23.1. The number of ketones is 1. The Balaban J connectivity index is 0.000000905. The molecule has 2 rings (SSSR count). The Bertz CT molecular complexity index is 741. The Kier molecular flexibility index (Phi) is 14.3. The molecule has 0 heterocycles. The zero-order valence-corrected chi connectivity index (χ0v) is 20.3. The van der Waals surface area contributed by atoms with E-state index in [4.69, 9.17) is 10.5 Å². The minimum Gasteiger partial charge on any atom is -0.498 e. The van der Waals surface area contributed by atoms with E-state index in [9.17, 15) is 4.79 Å². The van der Waals surface area contributed by atoms with Gasteiger partial charge in [0.05, 0.1) is 29.5 Å². The SMILES string of the molecule is CC.CCC(C)CC.CCOC1=CC(=Nc2cccc(C)c2)/C(=C(\N)C(C)=O)CC1. The smallest absolute Gasteiger partial charge is 0.175 e. The highest BCUT2D eigenvalue weighted by atomic mass is 16.5. The number of Topliss-reactive ketones (excluding diaryl/α,β-unsaturated/α-hetero) is 1. The number of allylic oxidation sites excluding steroid dienone is 4. The highest BCUT2D eigenvalue weighted by Gasteiger charge is 2.19. The number of hydrogen-bond acceptors (Lipinski definition) is 4. The van der Waals surface area contributed by atoms with E-state index in [-0.39, 0.29) is 5.78 Å². The number of aliphatic imine (C=N–C) groups is 1. The van der Waals surface area contributed by atoms with Gasteiger partial charge in [-0.05, 0) is 43.9 Å². The molecule has 0 spiro atoms. The molecule has 0 saturated carbocycles. The quantitative estimate of drug-likeness (QED) is 0.507. The third-order valence-corrected chi connectivity index (χ3v) is 4.91. The van der Waals surface area contributed by atoms with Crippen molar-refractivity contribution in [2.75, 3.05) is 6.61 Å². The number of nitrogens with zero attached hydrogens (tertiary/aromatic N) is 1. The number of carbonyl (C=O) groups is 1. The van der Waals surface area contributed by atoms with Crippen molar-refractivity contribution in [3.05, 3.63) is 52.9 Å². The van der Waals surface area contributed by atoms with Crippen LogP contribution in [0.5, 0.6) is 0 Å². The molecular weight excluding hydrogens is 372 g/mol. The first-order chi connectivity index (χ1) is 14.3. The van der Waals surface area contributed by atoms with Crippen LogP contribution >= 0.6 is 0 Å². The van der Waals surface area contributed by atoms with Gasteiger partial charge in [-0.2, -0.15) is 0 Å². The highest BCUT2D eigenvalue weighted by molar-refractivity contribution is 6.14. The summed E-state index contributed by atoms with van der Waals surface area (Å²) in [5.41, 5.74) is 9.75. The van der Waals surface area contributed by atoms with Crippen LogP contribution in [0.15, 0.2) is 52.4 Å². The lowest BCUT2D eigenvalue weighted by Gasteiger charge is -2.19. The first-order valence-corrected chi connectivity index (χ1v) is 11.3. The van der Waals surface area contributed by atoms with E-state index in [0.29, 0.717) is 24.4 Å². The lowest BCUT2D eigenvalue weighted by molar-refractivity contribution is -0.113. The summed E-state index contributed by atoms with van der Waals surface area (Å²) in [6.45, 7) is 16.8. The molecule has 1 aliphatic rings. The monoisotopic (exact) mass is 414 g/mol. The van der Waals surface area contributed by atoms with Crippen molar-refractivity contribution in [1.29, 1.82) is 0 Å². The van der Waals surface area contributed by atoms with E-state index in [2.05, 4.69) is 25.8 Å². The van der Waals surface area contributed by atoms with E-state index < -0.39 is 0 Å². The number of rotatable bonds is 6. The molecule has 0 bridgehead atoms. The number of carbonyl (C=O) groups excluding carboxylic acids is 1. The standard InChI is InChI=1S/C18H22N2O2.C6H14.C2H6/c1-4-22-15-8-9-16(18(19)13(3)21)17(11-15)20-14-7-5-6-12(2)10-14;1-4-6(3)5-2;1-2/h5-7,10-11H,4,8-9,19H2,1-3H3;6H,4-5H2,1-3H3;1-2H3/b18-16-,20-17?;;. The summed E-state index contributed by atoms with van der Waals surface area (Å²) in [7, 11) is 0. The molecule has 2 N–H and O–H groups in total. The molecule has 0 fully saturated rings. The van der Waals surface area contributed by atoms with E-state index in [1.165, 1.54) is 19.8 Å². The second kappa shape index (κ2) is 15.5. The number of hydrogen-bond donors (Lipinski definition) is 1. The van der Waals surface area contributed by atoms with Crippen LogP contribution in [0.25, 0.3) is 0 Å². The van der Waals surface area contributed by atoms with Gasteiger partial charge in [-0.3, -0.25) is 4.79 Å². The van der Waals surface area contributed by atoms with Gasteiger partial charge < -0.3 is 10.5 Å². The minimum atomic E-state index is -0.125. The lowest BCUT2D eigenvalue weighted by Crippen LogP contribution is -2.19. The average Bonchev–Trinajstić information content (AvgIpc) is 2.75. The molecule has 4 nitrogen and oxygen atoms in total. The predicted molar refractivity (Wildman–Crippen MR) is 130 cm³/mol. The van der Waals surface area contributed by atoms with Crippen LogP contribution in [0.1, 0.15) is 79.7 Å². The maximum atomic E-state index is 11.6. The van der Waals surface area contributed by atoms with Gasteiger partial charge in [0.1, 0.15) is 0 Å². The second-order valence-corrected chi connectivity index (χ2v) is 7.25. The summed E-state index contributed by atoms with van der Waals surface area (Å²) in [6, 6.07) is 7.91. The molecule has 0 unspecified atom stereocenters. The fourth-order valence-electron chi connectivity index (χ4n) is 2.70. The van der Waals surface area contributed by atoms with Gasteiger partial charge in [-0.25, -0.2) is 4.99 Å². The lowest BCUT2D eigenvalue weighted by atomic mass is 9.94. The molecule has 4 heteroatoms. The molecule has 0 atom stereocenters. The van der Waals surface area contributed by atoms with Crippen LogP contribution in [-0.4, -0.2) is 18.1 Å². The van der Waals surface area contributed by atoms with E-state index in [1.807, 2.05) is 58.0 Å². The molecule has 1 aromatic rings. The van der Waals surface area contributed by atoms with Crippen molar-refractivity contribution >= 4 is 17.2 Å². The second-order valence-electron chi connectivity index (χ2n) is 7.25. The predicted octanol–water partition coefficient (Wildman–Crippen LogP) is 7.05. The van der Waals surface area contributed by atoms with Crippen molar-refractivity contribution < 1.29 is 9.53 Å². The molecule has 0 radical (unpaired) electrons. The molecule has 168 valence electrons. The largest absolute Gasteiger partial charge is 0.498 e. The number of nitrogens with two attached hydrogens (primary N) is 1. The summed E-state index contributed by atoms with van der Waals surface area (Å²) in [5.74, 6) is 1.69. The van der Waals surface area contributed by atoms with Crippen LogP contribution in [0.2, 0.25) is 0 Å². The molecule has 1 aliphatic carbocycles. The van der Waals surface area contributed by atoms with Crippen molar-refractivity contribution in [3.63, 3.8) is 0 Å². The molecular formula is C26H42N2O2. The van der Waals surface area contributed by atoms with Gasteiger partial charge in [0.25, 0.3) is 0 Å². The van der Waals surface area contributed by atoms with Gasteiger partial charge in [-0.1, -0.05) is 59.6 Å². The Morgan fingerprint density at radius 2 is 1.80 bits per heavy atom. The Labute approximate surface area is 184 Å². The first kappa shape index (κ1) is 27.6. The van der Waals surface area contributed by atoms with Crippen LogP contribution in [-0.2, 0) is 9.53 Å². The first-order valence-electron chi connectivity index (χ1n) is 11.3. The summed E-state index contributed by atoms with van der Waals surface area (Å²) in [5, 5.41) is 0. The van der Waals surface area contributed by atoms with Gasteiger partial charge in [-0.15, -0.1) is 0 Å². The summed E-state index contributed by atoms with van der Waals surface area (Å²) in [4.78, 5) is 16.3. The fraction of sp³-hybridized carbons (Fsp3) is 0.538. The number of aryl methyl sites for hydroxylation is 1. The fourth-order valence-corrected chi connectivity index (χ4v) is 2.70. The van der Waals surface area contributed by atoms with E-state index >= 15 is 0 Å². The van der Waals surface area contributed by atoms with Crippen LogP contribution < -0.4 is 5.73 Å². The van der Waals surface area contributed by atoms with Crippen LogP contribution in [0, 0.1) is 12.8 Å². The molecule has 0 aliphatic heterocycles. The topological polar surface area (TPSA) is 64.7 Å². The van der Waals surface area contributed by atoms with E-state index in [1.54, 1.807) is 0 Å². The normalized spacial score (nSPS) is 16.0. The van der Waals surface area contributed by atoms with Crippen LogP contribution in [0.3, 0.4) is 0 Å². The molecule has 0 amide bonds. The van der Waals surface area contributed by atoms with Gasteiger partial charge in [0, 0.05) is 25.0 Å². The zero-order valence-electron chi connectivity index (χ0n) is 20.3.